The molecule has 0 saturated heterocycles. The van der Waals surface area contributed by atoms with Gasteiger partial charge in [0, 0.05) is 23.9 Å². The third kappa shape index (κ3) is 5.00. The maximum Gasteiger partial charge on any atom is 0.326 e. The molecule has 3 aromatic rings. The maximum atomic E-state index is 13.4. The third-order valence-corrected chi connectivity index (χ3v) is 5.29. The predicted octanol–water partition coefficient (Wildman–Crippen LogP) is 4.60. The zero-order chi connectivity index (χ0) is 23.4. The number of aryl methyl sites for hydroxylation is 1. The van der Waals surface area contributed by atoms with Crippen molar-refractivity contribution in [3.05, 3.63) is 89.2 Å². The van der Waals surface area contributed by atoms with E-state index in [4.69, 9.17) is 5.11 Å². The number of aliphatic carboxylic acids is 1. The lowest BCUT2D eigenvalue weighted by Crippen LogP contribution is -2.40. The first-order valence-corrected chi connectivity index (χ1v) is 9.95. The van der Waals surface area contributed by atoms with Gasteiger partial charge in [-0.2, -0.15) is 0 Å². The van der Waals surface area contributed by atoms with Gasteiger partial charge in [-0.25, -0.2) is 9.18 Å². The Morgan fingerprint density at radius 2 is 1.44 bits per heavy atom. The van der Waals surface area contributed by atoms with Crippen LogP contribution in [-0.4, -0.2) is 40.9 Å². The first kappa shape index (κ1) is 22.7. The van der Waals surface area contributed by atoms with Crippen molar-refractivity contribution in [2.24, 2.45) is 0 Å². The smallest absolute Gasteiger partial charge is 0.326 e. The van der Waals surface area contributed by atoms with Crippen LogP contribution in [0.4, 0.5) is 10.1 Å². The summed E-state index contributed by atoms with van der Waals surface area (Å²) in [6, 6.07) is 17.3. The van der Waals surface area contributed by atoms with E-state index in [1.165, 1.54) is 37.1 Å². The molecule has 7 heteroatoms. The van der Waals surface area contributed by atoms with Crippen LogP contribution in [0, 0.1) is 12.7 Å². The van der Waals surface area contributed by atoms with Crippen LogP contribution in [0.25, 0.3) is 11.1 Å². The summed E-state index contributed by atoms with van der Waals surface area (Å²) >= 11 is 0. The number of hydrogen-bond donors (Lipinski definition) is 2. The molecule has 0 aliphatic rings. The normalized spacial score (nSPS) is 11.5. The van der Waals surface area contributed by atoms with Gasteiger partial charge in [0.05, 0.1) is 0 Å². The summed E-state index contributed by atoms with van der Waals surface area (Å²) < 4.78 is 13.4. The van der Waals surface area contributed by atoms with Crippen LogP contribution >= 0.6 is 0 Å². The van der Waals surface area contributed by atoms with Gasteiger partial charge in [0.15, 0.2) is 0 Å². The van der Waals surface area contributed by atoms with Crippen LogP contribution in [0.2, 0.25) is 0 Å². The molecule has 32 heavy (non-hydrogen) atoms. The van der Waals surface area contributed by atoms with E-state index in [2.05, 4.69) is 5.32 Å². The molecule has 0 spiro atoms. The summed E-state index contributed by atoms with van der Waals surface area (Å²) in [5.41, 5.74) is 3.50. The van der Waals surface area contributed by atoms with Crippen molar-refractivity contribution >= 4 is 23.5 Å². The number of carboxylic acid groups (broad SMARTS) is 1. The van der Waals surface area contributed by atoms with Gasteiger partial charge >= 0.3 is 5.97 Å². The number of anilines is 1. The summed E-state index contributed by atoms with van der Waals surface area (Å²) in [5, 5.41) is 11.9. The molecular weight excluding hydrogens is 411 g/mol. The highest BCUT2D eigenvalue weighted by atomic mass is 19.1. The number of likely N-dealkylation sites (N-methyl/N-ethyl adjacent to an activating group) is 1. The van der Waals surface area contributed by atoms with Gasteiger partial charge in [0.2, 0.25) is 0 Å². The minimum Gasteiger partial charge on any atom is -0.480 e. The fourth-order valence-corrected chi connectivity index (χ4v) is 3.09. The van der Waals surface area contributed by atoms with Gasteiger partial charge in [0.1, 0.15) is 11.9 Å². The molecule has 0 radical (unpaired) electrons. The van der Waals surface area contributed by atoms with Gasteiger partial charge in [-0.05, 0) is 73.0 Å². The molecule has 0 saturated carbocycles. The fourth-order valence-electron chi connectivity index (χ4n) is 3.09. The largest absolute Gasteiger partial charge is 0.480 e. The minimum atomic E-state index is -1.07. The highest BCUT2D eigenvalue weighted by molar-refractivity contribution is 6.04. The highest BCUT2D eigenvalue weighted by Crippen LogP contribution is 2.23. The zero-order valence-electron chi connectivity index (χ0n) is 17.9. The Kier molecular flexibility index (Phi) is 6.68. The van der Waals surface area contributed by atoms with Crippen molar-refractivity contribution in [1.82, 2.24) is 4.90 Å². The van der Waals surface area contributed by atoms with E-state index >= 15 is 0 Å². The molecule has 6 nitrogen and oxygen atoms in total. The second-order valence-electron chi connectivity index (χ2n) is 7.50. The van der Waals surface area contributed by atoms with Gasteiger partial charge < -0.3 is 15.3 Å². The number of nitrogens with zero attached hydrogens (tertiary/aromatic N) is 1. The number of benzene rings is 3. The van der Waals surface area contributed by atoms with Gasteiger partial charge in [-0.1, -0.05) is 24.3 Å². The topological polar surface area (TPSA) is 86.7 Å². The summed E-state index contributed by atoms with van der Waals surface area (Å²) in [5.74, 6) is -2.13. The highest BCUT2D eigenvalue weighted by Gasteiger charge is 2.22. The van der Waals surface area contributed by atoms with Crippen molar-refractivity contribution < 1.29 is 23.9 Å². The van der Waals surface area contributed by atoms with Crippen LogP contribution in [0.3, 0.4) is 0 Å². The molecule has 0 aromatic heterocycles. The molecule has 164 valence electrons. The standard InChI is InChI=1S/C25H23FN2O4/c1-15-14-20(10-13-22(15)26)23(29)27-21-11-8-18(9-12-21)17-4-6-19(7-5-17)24(30)28(3)16(2)25(31)32/h4-14,16H,1-3H3,(H,27,29)(H,31,32)/t16-/m0/s1. The average Bonchev–Trinajstić information content (AvgIpc) is 2.80. The van der Waals surface area contributed by atoms with E-state index in [-0.39, 0.29) is 17.6 Å². The molecule has 0 aliphatic carbocycles. The number of halogens is 1. The molecule has 0 fully saturated rings. The summed E-state index contributed by atoms with van der Waals surface area (Å²) in [6.07, 6.45) is 0. The van der Waals surface area contributed by atoms with E-state index < -0.39 is 12.0 Å². The second kappa shape index (κ2) is 9.43. The van der Waals surface area contributed by atoms with Crippen LogP contribution in [-0.2, 0) is 4.79 Å². The number of carboxylic acids is 1. The van der Waals surface area contributed by atoms with Crippen molar-refractivity contribution in [3.8, 4) is 11.1 Å². The van der Waals surface area contributed by atoms with Crippen molar-refractivity contribution in [2.75, 3.05) is 12.4 Å². The van der Waals surface area contributed by atoms with Gasteiger partial charge in [0.25, 0.3) is 11.8 Å². The summed E-state index contributed by atoms with van der Waals surface area (Å²) in [7, 11) is 1.45. The Labute approximate surface area is 185 Å². The van der Waals surface area contributed by atoms with Crippen molar-refractivity contribution in [1.29, 1.82) is 0 Å². The monoisotopic (exact) mass is 434 g/mol. The van der Waals surface area contributed by atoms with Crippen LogP contribution in [0.15, 0.2) is 66.7 Å². The molecule has 0 bridgehead atoms. The first-order chi connectivity index (χ1) is 15.2. The van der Waals surface area contributed by atoms with E-state index in [1.807, 2.05) is 12.1 Å². The SMILES string of the molecule is Cc1cc(C(=O)Nc2ccc(-c3ccc(C(=O)N(C)[C@@H](C)C(=O)O)cc3)cc2)ccc1F. The molecule has 3 rings (SSSR count). The first-order valence-electron chi connectivity index (χ1n) is 9.95. The lowest BCUT2D eigenvalue weighted by Gasteiger charge is -2.21. The molecule has 0 aliphatic heterocycles. The molecule has 2 amide bonds. The fraction of sp³-hybridized carbons (Fsp3) is 0.160. The maximum absolute atomic E-state index is 13.4. The lowest BCUT2D eigenvalue weighted by atomic mass is 10.0. The molecule has 0 heterocycles. The average molecular weight is 434 g/mol. The number of carbonyl (C=O) groups is 3. The Balaban J connectivity index is 1.69. The summed E-state index contributed by atoms with van der Waals surface area (Å²) in [4.78, 5) is 37.1. The number of carbonyl (C=O) groups excluding carboxylic acids is 2. The number of nitrogens with one attached hydrogen (secondary N) is 1. The third-order valence-electron chi connectivity index (χ3n) is 5.29. The van der Waals surface area contributed by atoms with Crippen LogP contribution in [0.5, 0.6) is 0 Å². The Morgan fingerprint density at radius 1 is 0.906 bits per heavy atom. The van der Waals surface area contributed by atoms with Gasteiger partial charge in [-0.15, -0.1) is 0 Å². The molecule has 3 aromatic carbocycles. The Morgan fingerprint density at radius 3 is 1.97 bits per heavy atom. The number of amides is 2. The van der Waals surface area contributed by atoms with E-state index in [9.17, 15) is 18.8 Å². The Hall–Kier alpha value is -4.00. The van der Waals surface area contributed by atoms with E-state index in [0.29, 0.717) is 22.4 Å². The summed E-state index contributed by atoms with van der Waals surface area (Å²) in [6.45, 7) is 3.05. The predicted molar refractivity (Wildman–Crippen MR) is 120 cm³/mol. The quantitative estimate of drug-likeness (QED) is 0.594. The van der Waals surface area contributed by atoms with Crippen LogP contribution in [0.1, 0.15) is 33.2 Å². The van der Waals surface area contributed by atoms with Gasteiger partial charge in [-0.3, -0.25) is 9.59 Å². The molecule has 0 unspecified atom stereocenters. The molecular formula is C25H23FN2O4. The van der Waals surface area contributed by atoms with E-state index in [1.54, 1.807) is 43.3 Å². The molecule has 1 atom stereocenters. The second-order valence-corrected chi connectivity index (χ2v) is 7.50. The van der Waals surface area contributed by atoms with E-state index in [0.717, 1.165) is 11.1 Å². The number of rotatable bonds is 6. The number of hydrogen-bond acceptors (Lipinski definition) is 3. The lowest BCUT2D eigenvalue weighted by molar-refractivity contribution is -0.141. The minimum absolute atomic E-state index is 0.330. The molecule has 2 N–H and O–H groups in total. The van der Waals surface area contributed by atoms with Crippen LogP contribution < -0.4 is 5.32 Å². The van der Waals surface area contributed by atoms with Crippen molar-refractivity contribution in [2.45, 2.75) is 19.9 Å². The Bertz CT molecular complexity index is 1160. The zero-order valence-corrected chi connectivity index (χ0v) is 17.9. The van der Waals surface area contributed by atoms with Crippen molar-refractivity contribution in [3.63, 3.8) is 0 Å².